The third-order valence-corrected chi connectivity index (χ3v) is 11.2. The number of nitrogens with two attached hydrogens (primary N) is 1. The summed E-state index contributed by atoms with van der Waals surface area (Å²) in [4.78, 5) is 46.6. The lowest BCUT2D eigenvalue weighted by Crippen LogP contribution is -2.57. The number of halogens is 1. The molecule has 2 aromatic carbocycles. The van der Waals surface area contributed by atoms with E-state index in [9.17, 15) is 27.9 Å². The van der Waals surface area contributed by atoms with Gasteiger partial charge in [-0.05, 0) is 42.0 Å². The largest absolute Gasteiger partial charge is 0.397 e. The van der Waals surface area contributed by atoms with E-state index in [0.717, 1.165) is 5.56 Å². The number of aliphatic hydroxyl groups excluding tert-OH is 1. The molecule has 272 valence electrons. The van der Waals surface area contributed by atoms with E-state index < -0.39 is 34.1 Å². The van der Waals surface area contributed by atoms with E-state index in [-0.39, 0.29) is 65.4 Å². The molecule has 0 unspecified atom stereocenters. The number of aliphatic hydroxyl groups is 1. The van der Waals surface area contributed by atoms with Crippen molar-refractivity contribution in [2.24, 2.45) is 11.8 Å². The van der Waals surface area contributed by atoms with Crippen LogP contribution in [0, 0.1) is 11.8 Å². The Balaban J connectivity index is 1.56. The molecule has 0 aliphatic carbocycles. The standard InChI is InChI=1S/C34H46ClN7O6S2/c1-21(2)17-41(50(47,48)26-11-12-27(35)28(36)16-26)19-30(44)29(15-24-9-7-6-8-10-24)39-32(45)31(22(3)4)42-14-13-40(34(42)46)18-25-20-49-33(38-25)37-23(5)43/h6-12,16,20-22,29-31,44H,13-15,17-19,36H2,1-5H3,(H,39,45)(H,37,38,43)/t29-,30+,31-/m0/s1. The molecular formula is C34H46ClN7O6S2. The van der Waals surface area contributed by atoms with Crippen molar-refractivity contribution < 1.29 is 27.9 Å². The number of sulfonamides is 1. The molecule has 0 spiro atoms. The number of carbonyl (C=O) groups is 3. The summed E-state index contributed by atoms with van der Waals surface area (Å²) in [6.45, 7) is 9.50. The van der Waals surface area contributed by atoms with E-state index in [1.807, 2.05) is 58.0 Å². The molecular weight excluding hydrogens is 702 g/mol. The van der Waals surface area contributed by atoms with Crippen LogP contribution < -0.4 is 16.4 Å². The Hall–Kier alpha value is -3.76. The van der Waals surface area contributed by atoms with Crippen molar-refractivity contribution in [1.82, 2.24) is 24.4 Å². The lowest BCUT2D eigenvalue weighted by Gasteiger charge is -2.34. The molecule has 5 N–H and O–H groups in total. The maximum absolute atomic E-state index is 14.1. The Labute approximate surface area is 302 Å². The van der Waals surface area contributed by atoms with Crippen LogP contribution in [0.25, 0.3) is 0 Å². The van der Waals surface area contributed by atoms with Crippen LogP contribution in [-0.4, -0.2) is 94.8 Å². The van der Waals surface area contributed by atoms with Gasteiger partial charge in [-0.3, -0.25) is 9.59 Å². The minimum atomic E-state index is -4.11. The normalized spacial score (nSPS) is 15.5. The molecule has 1 aromatic heterocycles. The molecule has 0 bridgehead atoms. The Kier molecular flexibility index (Phi) is 13.2. The van der Waals surface area contributed by atoms with Gasteiger partial charge in [-0.2, -0.15) is 4.31 Å². The summed E-state index contributed by atoms with van der Waals surface area (Å²) < 4.78 is 28.9. The summed E-state index contributed by atoms with van der Waals surface area (Å²) in [5.74, 6) is -1.07. The van der Waals surface area contributed by atoms with Gasteiger partial charge in [0.05, 0.1) is 40.0 Å². The zero-order valence-corrected chi connectivity index (χ0v) is 31.3. The predicted octanol–water partition coefficient (Wildman–Crippen LogP) is 4.03. The van der Waals surface area contributed by atoms with Gasteiger partial charge in [-0.25, -0.2) is 18.2 Å². The summed E-state index contributed by atoms with van der Waals surface area (Å²) in [5.41, 5.74) is 7.49. The molecule has 50 heavy (non-hydrogen) atoms. The van der Waals surface area contributed by atoms with Crippen LogP contribution in [0.15, 0.2) is 58.8 Å². The molecule has 16 heteroatoms. The number of carbonyl (C=O) groups excluding carboxylic acids is 3. The second-order valence-corrected chi connectivity index (χ2v) is 16.4. The van der Waals surface area contributed by atoms with Crippen molar-refractivity contribution in [3.8, 4) is 0 Å². The van der Waals surface area contributed by atoms with Crippen LogP contribution in [0.3, 0.4) is 0 Å². The number of hydrogen-bond donors (Lipinski definition) is 4. The number of benzene rings is 2. The van der Waals surface area contributed by atoms with Crippen molar-refractivity contribution >= 4 is 61.6 Å². The highest BCUT2D eigenvalue weighted by Gasteiger charge is 2.40. The van der Waals surface area contributed by atoms with Crippen molar-refractivity contribution in [3.05, 3.63) is 70.2 Å². The molecule has 4 amide bonds. The first-order valence-electron chi connectivity index (χ1n) is 16.4. The molecule has 3 aromatic rings. The highest BCUT2D eigenvalue weighted by molar-refractivity contribution is 7.89. The fraction of sp³-hybridized carbons (Fsp3) is 0.471. The van der Waals surface area contributed by atoms with Gasteiger partial charge >= 0.3 is 6.03 Å². The number of rotatable bonds is 16. The fourth-order valence-corrected chi connectivity index (χ4v) is 8.38. The smallest absolute Gasteiger partial charge is 0.321 e. The number of hydrogen-bond acceptors (Lipinski definition) is 9. The molecule has 1 fully saturated rings. The van der Waals surface area contributed by atoms with Gasteiger partial charge in [0.15, 0.2) is 5.13 Å². The molecule has 3 atom stereocenters. The van der Waals surface area contributed by atoms with E-state index in [2.05, 4.69) is 15.6 Å². The van der Waals surface area contributed by atoms with Crippen LogP contribution >= 0.6 is 22.9 Å². The van der Waals surface area contributed by atoms with Gasteiger partial charge in [-0.15, -0.1) is 11.3 Å². The summed E-state index contributed by atoms with van der Waals surface area (Å²) in [5, 5.41) is 19.8. The van der Waals surface area contributed by atoms with Crippen molar-refractivity contribution in [1.29, 1.82) is 0 Å². The van der Waals surface area contributed by atoms with Crippen LogP contribution in [0.1, 0.15) is 45.9 Å². The second kappa shape index (κ2) is 17.0. The maximum Gasteiger partial charge on any atom is 0.321 e. The Morgan fingerprint density at radius 3 is 2.42 bits per heavy atom. The molecule has 2 heterocycles. The summed E-state index contributed by atoms with van der Waals surface area (Å²) in [6, 6.07) is 11.3. The molecule has 4 rings (SSSR count). The van der Waals surface area contributed by atoms with Crippen LogP contribution in [0.2, 0.25) is 5.02 Å². The number of nitrogens with zero attached hydrogens (tertiary/aromatic N) is 4. The summed E-state index contributed by atoms with van der Waals surface area (Å²) in [7, 11) is -4.11. The average Bonchev–Trinajstić information content (AvgIpc) is 3.63. The summed E-state index contributed by atoms with van der Waals surface area (Å²) in [6.07, 6.45) is -1.11. The molecule has 0 saturated carbocycles. The second-order valence-electron chi connectivity index (χ2n) is 13.2. The topological polar surface area (TPSA) is 178 Å². The molecule has 1 aliphatic rings. The number of nitrogens with one attached hydrogen (secondary N) is 2. The van der Waals surface area contributed by atoms with E-state index in [1.54, 1.807) is 10.3 Å². The first-order valence-corrected chi connectivity index (χ1v) is 19.1. The van der Waals surface area contributed by atoms with Crippen LogP contribution in [-0.2, 0) is 32.6 Å². The van der Waals surface area contributed by atoms with Crippen LogP contribution in [0.4, 0.5) is 15.6 Å². The fourth-order valence-electron chi connectivity index (χ4n) is 5.86. The highest BCUT2D eigenvalue weighted by atomic mass is 35.5. The lowest BCUT2D eigenvalue weighted by molar-refractivity contribution is -0.128. The maximum atomic E-state index is 14.1. The first-order chi connectivity index (χ1) is 23.6. The number of anilines is 2. The van der Waals surface area contributed by atoms with Gasteiger partial charge in [0.1, 0.15) is 6.04 Å². The van der Waals surface area contributed by atoms with E-state index in [0.29, 0.717) is 23.9 Å². The van der Waals surface area contributed by atoms with Crippen LogP contribution in [0.5, 0.6) is 0 Å². The van der Waals surface area contributed by atoms with E-state index in [1.165, 1.54) is 45.7 Å². The van der Waals surface area contributed by atoms with Gasteiger partial charge in [0, 0.05) is 38.5 Å². The minimum Gasteiger partial charge on any atom is -0.397 e. The number of thiazole rings is 1. The quantitative estimate of drug-likeness (QED) is 0.159. The molecule has 0 radical (unpaired) electrons. The van der Waals surface area contributed by atoms with Crippen molar-refractivity contribution in [2.45, 2.75) is 70.7 Å². The molecule has 1 aliphatic heterocycles. The zero-order valence-electron chi connectivity index (χ0n) is 28.9. The number of aromatic nitrogens is 1. The Morgan fingerprint density at radius 1 is 1.10 bits per heavy atom. The van der Waals surface area contributed by atoms with Crippen molar-refractivity contribution in [2.75, 3.05) is 37.2 Å². The van der Waals surface area contributed by atoms with Crippen molar-refractivity contribution in [3.63, 3.8) is 0 Å². The van der Waals surface area contributed by atoms with Gasteiger partial charge in [-0.1, -0.05) is 69.6 Å². The van der Waals surface area contributed by atoms with E-state index in [4.69, 9.17) is 17.3 Å². The Morgan fingerprint density at radius 2 is 1.80 bits per heavy atom. The third-order valence-electron chi connectivity index (χ3n) is 8.21. The highest BCUT2D eigenvalue weighted by Crippen LogP contribution is 2.27. The Bertz CT molecular complexity index is 1760. The van der Waals surface area contributed by atoms with E-state index >= 15 is 0 Å². The SMILES string of the molecule is CC(=O)Nc1nc(CN2CCN([C@H](C(=O)N[C@@H](Cc3ccccc3)[C@H](O)CN(CC(C)C)S(=O)(=O)c3ccc(Cl)c(N)c3)C(C)C)C2=O)cs1. The minimum absolute atomic E-state index is 0.0585. The first kappa shape index (κ1) is 39.0. The molecule has 1 saturated heterocycles. The third kappa shape index (κ3) is 9.94. The predicted molar refractivity (Wildman–Crippen MR) is 195 cm³/mol. The number of urea groups is 1. The lowest BCUT2D eigenvalue weighted by atomic mass is 9.97. The van der Waals surface area contributed by atoms with Gasteiger partial charge in [0.25, 0.3) is 0 Å². The number of nitrogen functional groups attached to an aromatic ring is 1. The molecule has 13 nitrogen and oxygen atoms in total. The zero-order chi connectivity index (χ0) is 36.7. The summed E-state index contributed by atoms with van der Waals surface area (Å²) >= 11 is 7.32. The monoisotopic (exact) mass is 747 g/mol. The number of amides is 4. The van der Waals surface area contributed by atoms with Gasteiger partial charge in [0.2, 0.25) is 21.8 Å². The van der Waals surface area contributed by atoms with Gasteiger partial charge < -0.3 is 31.3 Å². The average molecular weight is 748 g/mol.